The summed E-state index contributed by atoms with van der Waals surface area (Å²) in [6, 6.07) is 5.89. The molecule has 0 saturated heterocycles. The number of rotatable bonds is 19. The Morgan fingerprint density at radius 1 is 0.914 bits per heavy atom. The lowest BCUT2D eigenvalue weighted by molar-refractivity contribution is -0.134. The van der Waals surface area contributed by atoms with Gasteiger partial charge in [-0.2, -0.15) is 0 Å². The SMILES string of the molecule is CCCCC/C=C\C/C=C\CCCCCCCCC(=O)Oc1cccc2[nH]cc(CCN(C)C)c12. The molecule has 2 rings (SSSR count). The van der Waals surface area contributed by atoms with Gasteiger partial charge < -0.3 is 14.6 Å². The van der Waals surface area contributed by atoms with E-state index < -0.39 is 0 Å². The number of likely N-dealkylation sites (N-methyl/N-ethyl adjacent to an activating group) is 1. The minimum absolute atomic E-state index is 0.123. The van der Waals surface area contributed by atoms with E-state index in [1.165, 1.54) is 63.4 Å². The molecule has 0 fully saturated rings. The molecular weight excluding hydrogens is 432 g/mol. The molecule has 0 amide bonds. The molecule has 0 aliphatic rings. The van der Waals surface area contributed by atoms with E-state index in [9.17, 15) is 4.79 Å². The highest BCUT2D eigenvalue weighted by Gasteiger charge is 2.13. The second-order valence-electron chi connectivity index (χ2n) is 9.85. The first kappa shape index (κ1) is 28.9. The van der Waals surface area contributed by atoms with Crippen molar-refractivity contribution in [2.75, 3.05) is 20.6 Å². The number of esters is 1. The first-order chi connectivity index (χ1) is 17.1. The predicted octanol–water partition coefficient (Wildman–Crippen LogP) is 8.38. The summed E-state index contributed by atoms with van der Waals surface area (Å²) in [5, 5.41) is 1.04. The highest BCUT2D eigenvalue weighted by Crippen LogP contribution is 2.29. The molecule has 0 atom stereocenters. The Hall–Kier alpha value is -2.33. The summed E-state index contributed by atoms with van der Waals surface area (Å²) in [6.07, 6.45) is 27.1. The first-order valence-corrected chi connectivity index (χ1v) is 13.9. The molecule has 0 aliphatic heterocycles. The average Bonchev–Trinajstić information content (AvgIpc) is 3.26. The zero-order chi connectivity index (χ0) is 25.1. The van der Waals surface area contributed by atoms with Crippen molar-refractivity contribution in [2.24, 2.45) is 0 Å². The number of ether oxygens (including phenoxy) is 1. The van der Waals surface area contributed by atoms with Gasteiger partial charge in [-0.15, -0.1) is 0 Å². The van der Waals surface area contributed by atoms with Gasteiger partial charge in [-0.1, -0.05) is 75.8 Å². The number of unbranched alkanes of at least 4 members (excludes halogenated alkanes) is 9. The fourth-order valence-corrected chi connectivity index (χ4v) is 4.28. The van der Waals surface area contributed by atoms with Gasteiger partial charge in [-0.3, -0.25) is 4.79 Å². The summed E-state index contributed by atoms with van der Waals surface area (Å²) < 4.78 is 5.77. The number of fused-ring (bicyclic) bond motifs is 1. The Bertz CT molecular complexity index is 895. The van der Waals surface area contributed by atoms with Gasteiger partial charge in [-0.05, 0) is 76.7 Å². The van der Waals surface area contributed by atoms with Crippen LogP contribution < -0.4 is 4.74 Å². The molecule has 0 spiro atoms. The van der Waals surface area contributed by atoms with Gasteiger partial charge >= 0.3 is 5.97 Å². The number of aromatic amines is 1. The third kappa shape index (κ3) is 12.3. The molecule has 194 valence electrons. The minimum atomic E-state index is -0.123. The van der Waals surface area contributed by atoms with E-state index in [1.54, 1.807) is 0 Å². The van der Waals surface area contributed by atoms with Crippen molar-refractivity contribution in [3.05, 3.63) is 54.3 Å². The number of aromatic nitrogens is 1. The molecule has 0 unspecified atom stereocenters. The van der Waals surface area contributed by atoms with Gasteiger partial charge in [0.25, 0.3) is 0 Å². The lowest BCUT2D eigenvalue weighted by Gasteiger charge is -2.10. The number of nitrogens with one attached hydrogen (secondary N) is 1. The van der Waals surface area contributed by atoms with Crippen LogP contribution in [0.4, 0.5) is 0 Å². The number of H-pyrrole nitrogens is 1. The topological polar surface area (TPSA) is 45.3 Å². The van der Waals surface area contributed by atoms with Crippen LogP contribution in [0.3, 0.4) is 0 Å². The summed E-state index contributed by atoms with van der Waals surface area (Å²) in [5.41, 5.74) is 2.23. The van der Waals surface area contributed by atoms with Gasteiger partial charge in [-0.25, -0.2) is 0 Å². The molecule has 1 heterocycles. The Kier molecular flexibility index (Phi) is 14.9. The van der Waals surface area contributed by atoms with Gasteiger partial charge in [0.15, 0.2) is 0 Å². The van der Waals surface area contributed by atoms with Crippen LogP contribution in [0.2, 0.25) is 0 Å². The summed E-state index contributed by atoms with van der Waals surface area (Å²) in [4.78, 5) is 17.9. The van der Waals surface area contributed by atoms with Crippen LogP contribution in [0.1, 0.15) is 96.0 Å². The van der Waals surface area contributed by atoms with E-state index in [2.05, 4.69) is 55.2 Å². The Morgan fingerprint density at radius 3 is 2.31 bits per heavy atom. The van der Waals surface area contributed by atoms with Crippen LogP contribution in [-0.2, 0) is 11.2 Å². The standard InChI is InChI=1S/C31H48N2O2/c1-4-5-6-7-8-9-10-11-12-13-14-15-16-17-18-19-23-30(34)35-29-22-20-21-28-31(29)27(26-32-28)24-25-33(2)3/h8-9,11-12,20-22,26,32H,4-7,10,13-19,23-25H2,1-3H3/b9-8-,12-11-. The molecule has 0 bridgehead atoms. The number of allylic oxidation sites excluding steroid dienone is 4. The summed E-state index contributed by atoms with van der Waals surface area (Å²) >= 11 is 0. The molecule has 1 aromatic carbocycles. The highest BCUT2D eigenvalue weighted by molar-refractivity contribution is 5.91. The second-order valence-corrected chi connectivity index (χ2v) is 9.85. The fraction of sp³-hybridized carbons (Fsp3) is 0.581. The van der Waals surface area contributed by atoms with Crippen molar-refractivity contribution in [1.29, 1.82) is 0 Å². The number of carbonyl (C=O) groups is 1. The van der Waals surface area contributed by atoms with E-state index in [0.29, 0.717) is 12.2 Å². The number of hydrogen-bond donors (Lipinski definition) is 1. The Balaban J connectivity index is 1.55. The number of hydrogen-bond acceptors (Lipinski definition) is 3. The van der Waals surface area contributed by atoms with Gasteiger partial charge in [0.1, 0.15) is 5.75 Å². The van der Waals surface area contributed by atoms with E-state index >= 15 is 0 Å². The van der Waals surface area contributed by atoms with Crippen LogP contribution >= 0.6 is 0 Å². The quantitative estimate of drug-likeness (QED) is 0.0950. The average molecular weight is 481 g/mol. The van der Waals surface area contributed by atoms with Crippen LogP contribution in [0.5, 0.6) is 5.75 Å². The van der Waals surface area contributed by atoms with Gasteiger partial charge in [0.05, 0.1) is 0 Å². The molecule has 0 aliphatic carbocycles. The largest absolute Gasteiger partial charge is 0.426 e. The fourth-order valence-electron chi connectivity index (χ4n) is 4.28. The summed E-state index contributed by atoms with van der Waals surface area (Å²) in [5.74, 6) is 0.560. The van der Waals surface area contributed by atoms with Crippen LogP contribution in [0.15, 0.2) is 48.7 Å². The zero-order valence-corrected chi connectivity index (χ0v) is 22.5. The maximum Gasteiger partial charge on any atom is 0.311 e. The van der Waals surface area contributed by atoms with E-state index in [0.717, 1.165) is 43.1 Å². The minimum Gasteiger partial charge on any atom is -0.426 e. The third-order valence-electron chi connectivity index (χ3n) is 6.38. The number of nitrogens with zero attached hydrogens (tertiary/aromatic N) is 1. The number of carbonyl (C=O) groups excluding carboxylic acids is 1. The second kappa shape index (κ2) is 18.0. The van der Waals surface area contributed by atoms with Crippen molar-refractivity contribution < 1.29 is 9.53 Å². The maximum atomic E-state index is 12.5. The maximum absolute atomic E-state index is 12.5. The molecule has 35 heavy (non-hydrogen) atoms. The lowest BCUT2D eigenvalue weighted by atomic mass is 10.1. The van der Waals surface area contributed by atoms with Crippen LogP contribution in [0, 0.1) is 0 Å². The molecule has 4 heteroatoms. The number of benzene rings is 1. The zero-order valence-electron chi connectivity index (χ0n) is 22.5. The van der Waals surface area contributed by atoms with E-state index in [1.807, 2.05) is 24.4 Å². The van der Waals surface area contributed by atoms with Crippen molar-refractivity contribution in [3.8, 4) is 5.75 Å². The molecule has 4 nitrogen and oxygen atoms in total. The van der Waals surface area contributed by atoms with E-state index in [4.69, 9.17) is 4.74 Å². The molecule has 2 aromatic rings. The van der Waals surface area contributed by atoms with Gasteiger partial charge in [0.2, 0.25) is 0 Å². The third-order valence-corrected chi connectivity index (χ3v) is 6.38. The first-order valence-electron chi connectivity index (χ1n) is 13.9. The highest BCUT2D eigenvalue weighted by atomic mass is 16.5. The van der Waals surface area contributed by atoms with Crippen LogP contribution in [-0.4, -0.2) is 36.5 Å². The van der Waals surface area contributed by atoms with E-state index in [-0.39, 0.29) is 5.97 Å². The summed E-state index contributed by atoms with van der Waals surface area (Å²) in [6.45, 7) is 3.21. The van der Waals surface area contributed by atoms with Crippen LogP contribution in [0.25, 0.3) is 10.9 Å². The van der Waals surface area contributed by atoms with Crippen molar-refractivity contribution >= 4 is 16.9 Å². The molecule has 0 saturated carbocycles. The van der Waals surface area contributed by atoms with Crippen molar-refractivity contribution in [1.82, 2.24) is 9.88 Å². The van der Waals surface area contributed by atoms with Gasteiger partial charge in [0, 0.05) is 30.1 Å². The Morgan fingerprint density at radius 2 is 1.60 bits per heavy atom. The van der Waals surface area contributed by atoms with Crippen molar-refractivity contribution in [2.45, 2.75) is 96.8 Å². The molecule has 1 aromatic heterocycles. The molecule has 1 N–H and O–H groups in total. The molecular formula is C31H48N2O2. The summed E-state index contributed by atoms with van der Waals surface area (Å²) in [7, 11) is 4.14. The normalized spacial score (nSPS) is 12.0. The van der Waals surface area contributed by atoms with Crippen molar-refractivity contribution in [3.63, 3.8) is 0 Å². The lowest BCUT2D eigenvalue weighted by Crippen LogP contribution is -2.15. The molecule has 0 radical (unpaired) electrons. The predicted molar refractivity (Wildman–Crippen MR) is 150 cm³/mol. The smallest absolute Gasteiger partial charge is 0.311 e. The Labute approximate surface area is 213 Å². The monoisotopic (exact) mass is 480 g/mol.